The Kier molecular flexibility index (Phi) is 48.5. The second-order valence-electron chi connectivity index (χ2n) is 17.1. The molecule has 0 heterocycles. The van der Waals surface area contributed by atoms with Crippen LogP contribution in [0.4, 0.5) is 0 Å². The molecule has 0 amide bonds. The van der Waals surface area contributed by atoms with Crippen molar-refractivity contribution in [1.82, 2.24) is 0 Å². The predicted molar refractivity (Wildman–Crippen MR) is 270 cm³/mol. The van der Waals surface area contributed by atoms with Gasteiger partial charge < -0.3 is 14.2 Å². The first-order chi connectivity index (χ1) is 31.0. The summed E-state index contributed by atoms with van der Waals surface area (Å²) in [5.41, 5.74) is 0. The van der Waals surface area contributed by atoms with Crippen molar-refractivity contribution in [2.75, 3.05) is 13.2 Å². The molecule has 0 N–H and O–H groups in total. The van der Waals surface area contributed by atoms with Gasteiger partial charge in [0.2, 0.25) is 0 Å². The molecule has 0 aromatic carbocycles. The highest BCUT2D eigenvalue weighted by atomic mass is 16.6. The molecule has 360 valence electrons. The van der Waals surface area contributed by atoms with Crippen LogP contribution in [0.5, 0.6) is 0 Å². The molecule has 0 aliphatic heterocycles. The molecule has 0 saturated heterocycles. The number of esters is 3. The van der Waals surface area contributed by atoms with Gasteiger partial charge in [-0.2, -0.15) is 0 Å². The number of allylic oxidation sites excluding steroid dienone is 14. The number of ether oxygens (including phenoxy) is 3. The zero-order valence-electron chi connectivity index (χ0n) is 41.1. The van der Waals surface area contributed by atoms with Crippen LogP contribution in [0.3, 0.4) is 0 Å². The van der Waals surface area contributed by atoms with E-state index >= 15 is 0 Å². The molecular formula is C57H96O6. The largest absolute Gasteiger partial charge is 0.462 e. The van der Waals surface area contributed by atoms with E-state index in [1.165, 1.54) is 116 Å². The fourth-order valence-corrected chi connectivity index (χ4v) is 6.91. The van der Waals surface area contributed by atoms with E-state index in [0.717, 1.165) is 77.0 Å². The molecule has 0 spiro atoms. The van der Waals surface area contributed by atoms with Crippen LogP contribution in [0.25, 0.3) is 0 Å². The van der Waals surface area contributed by atoms with Gasteiger partial charge in [-0.3, -0.25) is 14.4 Å². The topological polar surface area (TPSA) is 78.9 Å². The summed E-state index contributed by atoms with van der Waals surface area (Å²) in [5, 5.41) is 0. The summed E-state index contributed by atoms with van der Waals surface area (Å²) in [6.07, 6.45) is 65.7. The van der Waals surface area contributed by atoms with E-state index in [1.807, 2.05) is 0 Å². The number of carbonyl (C=O) groups excluding carboxylic acids is 3. The average Bonchev–Trinajstić information content (AvgIpc) is 3.28. The summed E-state index contributed by atoms with van der Waals surface area (Å²) in [7, 11) is 0. The molecule has 0 fully saturated rings. The van der Waals surface area contributed by atoms with Crippen molar-refractivity contribution in [2.45, 2.75) is 245 Å². The van der Waals surface area contributed by atoms with Crippen LogP contribution in [0, 0.1) is 0 Å². The van der Waals surface area contributed by atoms with Crippen molar-refractivity contribution in [3.63, 3.8) is 0 Å². The van der Waals surface area contributed by atoms with E-state index in [-0.39, 0.29) is 37.5 Å². The molecule has 0 aromatic heterocycles. The summed E-state index contributed by atoms with van der Waals surface area (Å²) in [5.74, 6) is -1.01. The maximum Gasteiger partial charge on any atom is 0.306 e. The van der Waals surface area contributed by atoms with Crippen molar-refractivity contribution in [3.8, 4) is 0 Å². The standard InChI is InChI=1S/C57H96O6/c1-4-7-10-13-16-19-22-25-27-28-30-33-36-39-42-45-48-51-57(60)63-54(52-61-55(58)49-46-43-40-37-34-31-24-21-18-15-12-9-6-3)53-62-56(59)50-47-44-41-38-35-32-29-26-23-20-17-14-11-8-5-2/h16-17,19-20,25-27,29-30,33,35,38-39,42,54H,4-15,18,21-24,28,31-32,34,36-37,40-41,43-53H2,1-3H3/b19-16-,20-17-,27-25-,29-26-,33-30-,38-35-,42-39-/t54-/m0/s1. The van der Waals surface area contributed by atoms with Crippen LogP contribution in [-0.2, 0) is 28.6 Å². The molecular weight excluding hydrogens is 781 g/mol. The summed E-state index contributed by atoms with van der Waals surface area (Å²) in [6.45, 7) is 6.50. The van der Waals surface area contributed by atoms with E-state index in [2.05, 4.69) is 106 Å². The third kappa shape index (κ3) is 49.5. The van der Waals surface area contributed by atoms with Crippen LogP contribution in [0.2, 0.25) is 0 Å². The quantitative estimate of drug-likeness (QED) is 0.0262. The fraction of sp³-hybridized carbons (Fsp3) is 0.702. The lowest BCUT2D eigenvalue weighted by molar-refractivity contribution is -0.167. The highest BCUT2D eigenvalue weighted by Gasteiger charge is 2.19. The Morgan fingerprint density at radius 2 is 0.587 bits per heavy atom. The van der Waals surface area contributed by atoms with E-state index in [1.54, 1.807) is 0 Å². The SMILES string of the molecule is CCCCC/C=C\C/C=C\C/C=C\C/C=C\CCCC(=O)O[C@H](COC(=O)CCCC/C=C\C/C=C\C/C=C\CCCCC)COC(=O)CCCCCCCCCCCCCCC. The second kappa shape index (κ2) is 51.2. The van der Waals surface area contributed by atoms with Crippen molar-refractivity contribution >= 4 is 17.9 Å². The smallest absolute Gasteiger partial charge is 0.306 e. The minimum Gasteiger partial charge on any atom is -0.462 e. The van der Waals surface area contributed by atoms with E-state index in [0.29, 0.717) is 19.3 Å². The first kappa shape index (κ1) is 59.6. The summed E-state index contributed by atoms with van der Waals surface area (Å²) >= 11 is 0. The highest BCUT2D eigenvalue weighted by Crippen LogP contribution is 2.14. The Morgan fingerprint density at radius 3 is 0.968 bits per heavy atom. The van der Waals surface area contributed by atoms with Crippen LogP contribution in [0.15, 0.2) is 85.1 Å². The molecule has 1 atom stereocenters. The normalized spacial score (nSPS) is 12.7. The molecule has 6 heteroatoms. The lowest BCUT2D eigenvalue weighted by Crippen LogP contribution is -2.30. The van der Waals surface area contributed by atoms with Gasteiger partial charge in [-0.05, 0) is 96.3 Å². The Labute approximate surface area is 388 Å². The number of hydrogen-bond donors (Lipinski definition) is 0. The summed E-state index contributed by atoms with van der Waals surface area (Å²) in [6, 6.07) is 0. The maximum atomic E-state index is 12.8. The van der Waals surface area contributed by atoms with Gasteiger partial charge in [-0.25, -0.2) is 0 Å². The van der Waals surface area contributed by atoms with Gasteiger partial charge in [-0.1, -0.05) is 209 Å². The first-order valence-corrected chi connectivity index (χ1v) is 26.1. The molecule has 6 nitrogen and oxygen atoms in total. The van der Waals surface area contributed by atoms with Gasteiger partial charge in [0.15, 0.2) is 6.10 Å². The monoisotopic (exact) mass is 877 g/mol. The maximum absolute atomic E-state index is 12.8. The molecule has 0 saturated carbocycles. The summed E-state index contributed by atoms with van der Waals surface area (Å²) < 4.78 is 16.7. The molecule has 0 aliphatic rings. The molecule has 0 unspecified atom stereocenters. The summed E-state index contributed by atoms with van der Waals surface area (Å²) in [4.78, 5) is 37.9. The molecule has 0 aliphatic carbocycles. The van der Waals surface area contributed by atoms with E-state index in [4.69, 9.17) is 14.2 Å². The van der Waals surface area contributed by atoms with Crippen LogP contribution in [0.1, 0.15) is 239 Å². The second-order valence-corrected chi connectivity index (χ2v) is 17.1. The van der Waals surface area contributed by atoms with Crippen LogP contribution >= 0.6 is 0 Å². The minimum absolute atomic E-state index is 0.109. The van der Waals surface area contributed by atoms with Gasteiger partial charge in [0.25, 0.3) is 0 Å². The minimum atomic E-state index is -0.818. The van der Waals surface area contributed by atoms with Gasteiger partial charge in [0.1, 0.15) is 13.2 Å². The third-order valence-electron chi connectivity index (χ3n) is 10.9. The molecule has 63 heavy (non-hydrogen) atoms. The molecule has 0 bridgehead atoms. The zero-order valence-corrected chi connectivity index (χ0v) is 41.1. The van der Waals surface area contributed by atoms with Crippen LogP contribution in [-0.4, -0.2) is 37.2 Å². The zero-order chi connectivity index (χ0) is 45.8. The lowest BCUT2D eigenvalue weighted by atomic mass is 10.0. The van der Waals surface area contributed by atoms with Gasteiger partial charge >= 0.3 is 17.9 Å². The van der Waals surface area contributed by atoms with E-state index in [9.17, 15) is 14.4 Å². The third-order valence-corrected chi connectivity index (χ3v) is 10.9. The van der Waals surface area contributed by atoms with Crippen molar-refractivity contribution in [3.05, 3.63) is 85.1 Å². The van der Waals surface area contributed by atoms with Crippen molar-refractivity contribution in [1.29, 1.82) is 0 Å². The molecule has 0 rings (SSSR count). The van der Waals surface area contributed by atoms with Crippen molar-refractivity contribution < 1.29 is 28.6 Å². The Hall–Kier alpha value is -3.41. The number of carbonyl (C=O) groups is 3. The highest BCUT2D eigenvalue weighted by molar-refractivity contribution is 5.71. The first-order valence-electron chi connectivity index (χ1n) is 26.1. The van der Waals surface area contributed by atoms with Gasteiger partial charge in [-0.15, -0.1) is 0 Å². The number of hydrogen-bond acceptors (Lipinski definition) is 6. The lowest BCUT2D eigenvalue weighted by Gasteiger charge is -2.18. The number of unbranched alkanes of at least 4 members (excludes halogenated alkanes) is 21. The Morgan fingerprint density at radius 1 is 0.317 bits per heavy atom. The Balaban J connectivity index is 4.54. The predicted octanol–water partition coefficient (Wildman–Crippen LogP) is 17.2. The van der Waals surface area contributed by atoms with Gasteiger partial charge in [0.05, 0.1) is 0 Å². The number of rotatable bonds is 46. The molecule has 0 radical (unpaired) electrons. The Bertz CT molecular complexity index is 1240. The van der Waals surface area contributed by atoms with Gasteiger partial charge in [0, 0.05) is 19.3 Å². The average molecular weight is 877 g/mol. The van der Waals surface area contributed by atoms with E-state index < -0.39 is 6.10 Å². The van der Waals surface area contributed by atoms with Crippen molar-refractivity contribution in [2.24, 2.45) is 0 Å². The fourth-order valence-electron chi connectivity index (χ4n) is 6.91. The van der Waals surface area contributed by atoms with Crippen LogP contribution < -0.4 is 0 Å². The molecule has 0 aromatic rings.